The van der Waals surface area contributed by atoms with Gasteiger partial charge in [-0.15, -0.1) is 0 Å². The molecule has 4 aromatic carbocycles. The molecule has 14 heteroatoms. The van der Waals surface area contributed by atoms with Crippen molar-refractivity contribution in [2.75, 3.05) is 5.32 Å². The molecule has 49 heavy (non-hydrogen) atoms. The SMILES string of the molecule is O=C(Nc1ccc(C(F)(F)F)cc1)N(Cc1ccc(-c2ccc(CNS(=O)(=O)c3ccc(C(F)(F)F)cc3)cc2)cc1)Cc1cccnc1. The minimum atomic E-state index is -4.57. The third kappa shape index (κ3) is 9.45. The fourth-order valence-corrected chi connectivity index (χ4v) is 5.80. The van der Waals surface area contributed by atoms with E-state index in [1.807, 2.05) is 24.3 Å². The largest absolute Gasteiger partial charge is 0.416 e. The van der Waals surface area contributed by atoms with E-state index >= 15 is 0 Å². The smallest absolute Gasteiger partial charge is 0.316 e. The Bertz CT molecular complexity index is 1970. The van der Waals surface area contributed by atoms with Crippen LogP contribution in [0.25, 0.3) is 11.1 Å². The van der Waals surface area contributed by atoms with Gasteiger partial charge in [0.25, 0.3) is 0 Å². The molecule has 0 aliphatic heterocycles. The van der Waals surface area contributed by atoms with Gasteiger partial charge in [0.2, 0.25) is 10.0 Å². The fourth-order valence-electron chi connectivity index (χ4n) is 4.78. The molecular formula is C35H28F6N4O3S. The predicted octanol–water partition coefficient (Wildman–Crippen LogP) is 8.50. The number of aromatic nitrogens is 1. The molecule has 0 saturated carbocycles. The Kier molecular flexibility index (Phi) is 10.4. The summed E-state index contributed by atoms with van der Waals surface area (Å²) in [6.45, 7) is 0.287. The number of sulfonamides is 1. The summed E-state index contributed by atoms with van der Waals surface area (Å²) >= 11 is 0. The predicted molar refractivity (Wildman–Crippen MR) is 171 cm³/mol. The van der Waals surface area contributed by atoms with Crippen LogP contribution in [0.1, 0.15) is 27.8 Å². The Hall–Kier alpha value is -5.21. The number of carbonyl (C=O) groups excluding carboxylic acids is 1. The van der Waals surface area contributed by atoms with E-state index < -0.39 is 39.5 Å². The second-order valence-electron chi connectivity index (χ2n) is 11.0. The van der Waals surface area contributed by atoms with Crippen LogP contribution in [-0.2, 0) is 42.0 Å². The van der Waals surface area contributed by atoms with Crippen molar-refractivity contribution in [1.82, 2.24) is 14.6 Å². The van der Waals surface area contributed by atoms with E-state index in [-0.39, 0.29) is 30.2 Å². The highest BCUT2D eigenvalue weighted by molar-refractivity contribution is 7.89. The van der Waals surface area contributed by atoms with Crippen LogP contribution in [0.2, 0.25) is 0 Å². The molecule has 1 aromatic heterocycles. The van der Waals surface area contributed by atoms with Gasteiger partial charge in [0.15, 0.2) is 0 Å². The molecule has 0 fully saturated rings. The van der Waals surface area contributed by atoms with Gasteiger partial charge in [0.05, 0.1) is 16.0 Å². The fraction of sp³-hybridized carbons (Fsp3) is 0.143. The molecule has 0 aliphatic carbocycles. The summed E-state index contributed by atoms with van der Waals surface area (Å²) in [7, 11) is -4.04. The second-order valence-corrected chi connectivity index (χ2v) is 12.7. The van der Waals surface area contributed by atoms with Crippen molar-refractivity contribution < 1.29 is 39.6 Å². The van der Waals surface area contributed by atoms with Crippen molar-refractivity contribution in [3.63, 3.8) is 0 Å². The van der Waals surface area contributed by atoms with Gasteiger partial charge < -0.3 is 10.2 Å². The highest BCUT2D eigenvalue weighted by atomic mass is 32.2. The Labute approximate surface area is 278 Å². The van der Waals surface area contributed by atoms with E-state index in [2.05, 4.69) is 15.0 Å². The van der Waals surface area contributed by atoms with Crippen molar-refractivity contribution in [2.45, 2.75) is 36.9 Å². The Balaban J connectivity index is 1.23. The third-order valence-electron chi connectivity index (χ3n) is 7.42. The van der Waals surface area contributed by atoms with Crippen molar-refractivity contribution in [3.8, 4) is 11.1 Å². The van der Waals surface area contributed by atoms with Gasteiger partial charge in [0, 0.05) is 37.7 Å². The summed E-state index contributed by atoms with van der Waals surface area (Å²) in [5.41, 5.74) is 2.27. The van der Waals surface area contributed by atoms with Crippen molar-refractivity contribution in [3.05, 3.63) is 149 Å². The Morgan fingerprint density at radius 1 is 0.653 bits per heavy atom. The maximum atomic E-state index is 13.3. The lowest BCUT2D eigenvalue weighted by Crippen LogP contribution is -2.34. The van der Waals surface area contributed by atoms with Crippen molar-refractivity contribution in [2.24, 2.45) is 0 Å². The number of nitrogens with one attached hydrogen (secondary N) is 2. The monoisotopic (exact) mass is 698 g/mol. The average molecular weight is 699 g/mol. The highest BCUT2D eigenvalue weighted by Gasteiger charge is 2.31. The Morgan fingerprint density at radius 2 is 1.16 bits per heavy atom. The number of rotatable bonds is 10. The van der Waals surface area contributed by atoms with Crippen LogP contribution in [0.3, 0.4) is 0 Å². The molecule has 254 valence electrons. The van der Waals surface area contributed by atoms with Gasteiger partial charge in [-0.3, -0.25) is 4.98 Å². The molecule has 5 aromatic rings. The maximum absolute atomic E-state index is 13.3. The number of nitrogens with zero attached hydrogens (tertiary/aromatic N) is 2. The third-order valence-corrected chi connectivity index (χ3v) is 8.84. The first-order valence-corrected chi connectivity index (χ1v) is 16.1. The number of hydrogen-bond donors (Lipinski definition) is 2. The molecule has 0 spiro atoms. The summed E-state index contributed by atoms with van der Waals surface area (Å²) in [4.78, 5) is 18.6. The lowest BCUT2D eigenvalue weighted by molar-refractivity contribution is -0.138. The number of pyridine rings is 1. The number of urea groups is 1. The molecular weight excluding hydrogens is 670 g/mol. The highest BCUT2D eigenvalue weighted by Crippen LogP contribution is 2.31. The lowest BCUT2D eigenvalue weighted by atomic mass is 10.0. The minimum Gasteiger partial charge on any atom is -0.316 e. The number of halogens is 6. The van der Waals surface area contributed by atoms with Crippen LogP contribution >= 0.6 is 0 Å². The van der Waals surface area contributed by atoms with Gasteiger partial charge in [-0.1, -0.05) is 54.6 Å². The first-order chi connectivity index (χ1) is 23.2. The van der Waals surface area contributed by atoms with Gasteiger partial charge in [-0.05, 0) is 82.4 Å². The number of anilines is 1. The second kappa shape index (κ2) is 14.5. The summed E-state index contributed by atoms with van der Waals surface area (Å²) in [6, 6.07) is 24.8. The van der Waals surface area contributed by atoms with Crippen LogP contribution in [0.15, 0.2) is 126 Å². The number of hydrogen-bond acceptors (Lipinski definition) is 4. The molecule has 0 radical (unpaired) electrons. The summed E-state index contributed by atoms with van der Waals surface area (Å²) < 4.78 is 105. The normalized spacial score (nSPS) is 12.0. The molecule has 2 N–H and O–H groups in total. The molecule has 2 amide bonds. The average Bonchev–Trinajstić information content (AvgIpc) is 3.08. The van der Waals surface area contributed by atoms with Gasteiger partial charge in [0.1, 0.15) is 0 Å². The Morgan fingerprint density at radius 3 is 1.67 bits per heavy atom. The van der Waals surface area contributed by atoms with Gasteiger partial charge >= 0.3 is 18.4 Å². The van der Waals surface area contributed by atoms with E-state index in [0.29, 0.717) is 17.7 Å². The van der Waals surface area contributed by atoms with Crippen molar-refractivity contribution in [1.29, 1.82) is 0 Å². The van der Waals surface area contributed by atoms with Crippen LogP contribution in [-0.4, -0.2) is 24.3 Å². The van der Waals surface area contributed by atoms with Crippen LogP contribution in [0.4, 0.5) is 36.8 Å². The van der Waals surface area contributed by atoms with Gasteiger partial charge in [-0.2, -0.15) is 26.3 Å². The minimum absolute atomic E-state index is 0.0795. The number of alkyl halides is 6. The van der Waals surface area contributed by atoms with E-state index in [4.69, 9.17) is 0 Å². The zero-order valence-corrected chi connectivity index (χ0v) is 26.3. The van der Waals surface area contributed by atoms with Crippen LogP contribution in [0, 0.1) is 0 Å². The van der Waals surface area contributed by atoms with Gasteiger partial charge in [-0.25, -0.2) is 17.9 Å². The molecule has 0 bridgehead atoms. The quantitative estimate of drug-likeness (QED) is 0.143. The van der Waals surface area contributed by atoms with E-state index in [9.17, 15) is 39.6 Å². The molecule has 0 aliphatic rings. The molecule has 0 atom stereocenters. The summed E-state index contributed by atoms with van der Waals surface area (Å²) in [6.07, 6.45) is -5.85. The topological polar surface area (TPSA) is 91.4 Å². The van der Waals surface area contributed by atoms with Crippen LogP contribution in [0.5, 0.6) is 0 Å². The molecule has 0 saturated heterocycles. The van der Waals surface area contributed by atoms with Crippen molar-refractivity contribution >= 4 is 21.7 Å². The maximum Gasteiger partial charge on any atom is 0.416 e. The molecule has 1 heterocycles. The number of carbonyl (C=O) groups is 1. The number of amides is 2. The zero-order chi connectivity index (χ0) is 35.2. The molecule has 5 rings (SSSR count). The lowest BCUT2D eigenvalue weighted by Gasteiger charge is -2.23. The first-order valence-electron chi connectivity index (χ1n) is 14.6. The van der Waals surface area contributed by atoms with Crippen LogP contribution < -0.4 is 10.0 Å². The first kappa shape index (κ1) is 35.1. The number of benzene rings is 4. The molecule has 7 nitrogen and oxygen atoms in total. The zero-order valence-electron chi connectivity index (χ0n) is 25.5. The summed E-state index contributed by atoms with van der Waals surface area (Å²) in [5, 5.41) is 2.66. The van der Waals surface area contributed by atoms with E-state index in [1.54, 1.807) is 48.8 Å². The molecule has 0 unspecified atom stereocenters. The van der Waals surface area contributed by atoms with E-state index in [1.165, 1.54) is 17.0 Å². The standard InChI is InChI=1S/C35H28F6N4O3S/c36-34(37,38)29-11-15-31(16-12-29)44-33(46)45(23-26-2-1-19-42-20-26)22-25-5-9-28(10-6-25)27-7-3-24(4-8-27)21-43-49(47,48)32-17-13-30(14-18-32)35(39,40)41/h1-20,43H,21-23H2,(H,44,46). The van der Waals surface area contributed by atoms with E-state index in [0.717, 1.165) is 46.5 Å². The summed E-state index contributed by atoms with van der Waals surface area (Å²) in [5.74, 6) is 0.